The minimum absolute atomic E-state index is 0.616. The Labute approximate surface area is 81.6 Å². The van der Waals surface area contributed by atoms with Crippen molar-refractivity contribution in [1.82, 2.24) is 14.6 Å². The van der Waals surface area contributed by atoms with Gasteiger partial charge in [0.15, 0.2) is 17.8 Å². The number of aromatic nitrogens is 3. The van der Waals surface area contributed by atoms with Crippen LogP contribution in [0.15, 0.2) is 18.3 Å². The van der Waals surface area contributed by atoms with Crippen molar-refractivity contribution >= 4 is 11.9 Å². The van der Waals surface area contributed by atoms with Gasteiger partial charge in [0.2, 0.25) is 0 Å². The Morgan fingerprint density at radius 1 is 1.50 bits per heavy atom. The maximum absolute atomic E-state index is 10.5. The molecule has 0 spiro atoms. The third-order valence-electron chi connectivity index (χ3n) is 2.01. The second-order valence-corrected chi connectivity index (χ2v) is 3.16. The normalized spacial score (nSPS) is 10.6. The monoisotopic (exact) mass is 189 g/mol. The predicted molar refractivity (Wildman–Crippen MR) is 52.4 cm³/mol. The van der Waals surface area contributed by atoms with Crippen LogP contribution in [-0.2, 0) is 6.42 Å². The highest BCUT2D eigenvalue weighted by Crippen LogP contribution is 2.04. The van der Waals surface area contributed by atoms with Gasteiger partial charge in [-0.25, -0.2) is 9.50 Å². The number of hydrogen-bond donors (Lipinski definition) is 0. The average Bonchev–Trinajstić information content (AvgIpc) is 2.59. The smallest absolute Gasteiger partial charge is 0.155 e. The van der Waals surface area contributed by atoms with Gasteiger partial charge < -0.3 is 0 Å². The molecule has 0 radical (unpaired) electrons. The summed E-state index contributed by atoms with van der Waals surface area (Å²) in [6.07, 6.45) is 4.39. The molecule has 0 aliphatic rings. The van der Waals surface area contributed by atoms with Crippen molar-refractivity contribution < 1.29 is 4.79 Å². The molecule has 0 aliphatic heterocycles. The number of carbonyl (C=O) groups excluding carboxylic acids is 1. The molecule has 0 fully saturated rings. The Bertz CT molecular complexity index is 461. The van der Waals surface area contributed by atoms with Gasteiger partial charge in [-0.2, -0.15) is 5.10 Å². The number of aldehydes is 1. The summed E-state index contributed by atoms with van der Waals surface area (Å²) >= 11 is 0. The average molecular weight is 189 g/mol. The van der Waals surface area contributed by atoms with E-state index < -0.39 is 0 Å². The van der Waals surface area contributed by atoms with Crippen molar-refractivity contribution in [2.24, 2.45) is 0 Å². The van der Waals surface area contributed by atoms with Crippen molar-refractivity contribution in [2.75, 3.05) is 0 Å². The van der Waals surface area contributed by atoms with Gasteiger partial charge in [0.25, 0.3) is 0 Å². The SMILES string of the molecule is CCCc1nc2ccc(C=O)cn2n1. The molecule has 0 N–H and O–H groups in total. The van der Waals surface area contributed by atoms with Crippen LogP contribution in [0.2, 0.25) is 0 Å². The largest absolute Gasteiger partial charge is 0.298 e. The zero-order valence-electron chi connectivity index (χ0n) is 7.97. The first-order valence-corrected chi connectivity index (χ1v) is 4.64. The fourth-order valence-electron chi connectivity index (χ4n) is 1.34. The number of fused-ring (bicyclic) bond motifs is 1. The van der Waals surface area contributed by atoms with E-state index in [0.717, 1.165) is 30.6 Å². The van der Waals surface area contributed by atoms with Gasteiger partial charge in [0.05, 0.1) is 0 Å². The molecule has 0 saturated heterocycles. The van der Waals surface area contributed by atoms with E-state index in [1.54, 1.807) is 22.8 Å². The Kier molecular flexibility index (Phi) is 2.26. The zero-order valence-corrected chi connectivity index (χ0v) is 7.97. The van der Waals surface area contributed by atoms with Gasteiger partial charge in [0, 0.05) is 18.2 Å². The molecule has 0 aromatic carbocycles. The second-order valence-electron chi connectivity index (χ2n) is 3.16. The molecule has 0 amide bonds. The lowest BCUT2D eigenvalue weighted by Gasteiger charge is -1.90. The topological polar surface area (TPSA) is 47.3 Å². The molecule has 2 aromatic heterocycles. The van der Waals surface area contributed by atoms with Crippen molar-refractivity contribution in [2.45, 2.75) is 19.8 Å². The third-order valence-corrected chi connectivity index (χ3v) is 2.01. The number of nitrogens with zero attached hydrogens (tertiary/aromatic N) is 3. The van der Waals surface area contributed by atoms with E-state index in [0.29, 0.717) is 5.56 Å². The predicted octanol–water partition coefficient (Wildman–Crippen LogP) is 1.49. The number of hydrogen-bond acceptors (Lipinski definition) is 3. The molecule has 14 heavy (non-hydrogen) atoms. The standard InChI is InChI=1S/C10H11N3O/c1-2-3-9-11-10-5-4-8(7-14)6-13(10)12-9/h4-7H,2-3H2,1H3. The maximum Gasteiger partial charge on any atom is 0.155 e. The number of rotatable bonds is 3. The van der Waals surface area contributed by atoms with E-state index in [4.69, 9.17) is 0 Å². The van der Waals surface area contributed by atoms with E-state index in [1.165, 1.54) is 0 Å². The molecule has 0 bridgehead atoms. The summed E-state index contributed by atoms with van der Waals surface area (Å²) in [4.78, 5) is 14.8. The summed E-state index contributed by atoms with van der Waals surface area (Å²) in [6.45, 7) is 2.09. The lowest BCUT2D eigenvalue weighted by molar-refractivity contribution is 0.112. The van der Waals surface area contributed by atoms with E-state index >= 15 is 0 Å². The first-order chi connectivity index (χ1) is 6.83. The second kappa shape index (κ2) is 3.57. The molecular formula is C10H11N3O. The van der Waals surface area contributed by atoms with Gasteiger partial charge >= 0.3 is 0 Å². The van der Waals surface area contributed by atoms with E-state index in [-0.39, 0.29) is 0 Å². The molecule has 0 atom stereocenters. The van der Waals surface area contributed by atoms with E-state index in [9.17, 15) is 4.79 Å². The fraction of sp³-hybridized carbons (Fsp3) is 0.300. The van der Waals surface area contributed by atoms with Crippen LogP contribution in [0.4, 0.5) is 0 Å². The van der Waals surface area contributed by atoms with Crippen LogP contribution < -0.4 is 0 Å². The summed E-state index contributed by atoms with van der Waals surface area (Å²) in [6, 6.07) is 3.54. The van der Waals surface area contributed by atoms with Gasteiger partial charge in [-0.05, 0) is 18.6 Å². The molecule has 2 heterocycles. The Hall–Kier alpha value is -1.71. The van der Waals surface area contributed by atoms with E-state index in [1.807, 2.05) is 0 Å². The van der Waals surface area contributed by atoms with Crippen LogP contribution in [-0.4, -0.2) is 20.9 Å². The molecule has 0 saturated carbocycles. The summed E-state index contributed by atoms with van der Waals surface area (Å²) in [5, 5.41) is 4.26. The number of aryl methyl sites for hydroxylation is 1. The zero-order chi connectivity index (χ0) is 9.97. The Balaban J connectivity index is 2.48. The van der Waals surface area contributed by atoms with Crippen LogP contribution in [0.1, 0.15) is 29.5 Å². The summed E-state index contributed by atoms with van der Waals surface area (Å²) < 4.78 is 1.65. The Morgan fingerprint density at radius 3 is 3.07 bits per heavy atom. The lowest BCUT2D eigenvalue weighted by atomic mass is 10.3. The van der Waals surface area contributed by atoms with Crippen molar-refractivity contribution in [3.8, 4) is 0 Å². The molecule has 4 nitrogen and oxygen atoms in total. The molecule has 2 aromatic rings. The maximum atomic E-state index is 10.5. The van der Waals surface area contributed by atoms with Crippen LogP contribution in [0.5, 0.6) is 0 Å². The third kappa shape index (κ3) is 1.51. The Morgan fingerprint density at radius 2 is 2.36 bits per heavy atom. The molecule has 0 unspecified atom stereocenters. The van der Waals surface area contributed by atoms with Gasteiger partial charge in [-0.15, -0.1) is 0 Å². The first-order valence-electron chi connectivity index (χ1n) is 4.64. The fourth-order valence-corrected chi connectivity index (χ4v) is 1.34. The van der Waals surface area contributed by atoms with Gasteiger partial charge in [-0.1, -0.05) is 6.92 Å². The van der Waals surface area contributed by atoms with Crippen LogP contribution in [0.3, 0.4) is 0 Å². The minimum Gasteiger partial charge on any atom is -0.298 e. The highest BCUT2D eigenvalue weighted by molar-refractivity contribution is 5.74. The quantitative estimate of drug-likeness (QED) is 0.687. The summed E-state index contributed by atoms with van der Waals surface area (Å²) in [7, 11) is 0. The van der Waals surface area contributed by atoms with Crippen LogP contribution in [0, 0.1) is 0 Å². The molecule has 2 rings (SSSR count). The molecule has 72 valence electrons. The minimum atomic E-state index is 0.616. The highest BCUT2D eigenvalue weighted by Gasteiger charge is 2.02. The summed E-state index contributed by atoms with van der Waals surface area (Å²) in [5.74, 6) is 0.829. The van der Waals surface area contributed by atoms with Gasteiger partial charge in [0.1, 0.15) is 0 Å². The molecule has 4 heteroatoms. The van der Waals surface area contributed by atoms with Crippen LogP contribution >= 0.6 is 0 Å². The van der Waals surface area contributed by atoms with Crippen LogP contribution in [0.25, 0.3) is 5.65 Å². The van der Waals surface area contributed by atoms with E-state index in [2.05, 4.69) is 17.0 Å². The van der Waals surface area contributed by atoms with Crippen molar-refractivity contribution in [3.05, 3.63) is 29.7 Å². The van der Waals surface area contributed by atoms with Crippen molar-refractivity contribution in [3.63, 3.8) is 0 Å². The lowest BCUT2D eigenvalue weighted by Crippen LogP contribution is -1.91. The number of pyridine rings is 1. The molecular weight excluding hydrogens is 178 g/mol. The first kappa shape index (κ1) is 8.87. The summed E-state index contributed by atoms with van der Waals surface area (Å²) in [5.41, 5.74) is 1.41. The number of carbonyl (C=O) groups is 1. The molecule has 0 aliphatic carbocycles. The highest BCUT2D eigenvalue weighted by atomic mass is 16.1. The van der Waals surface area contributed by atoms with Gasteiger partial charge in [-0.3, -0.25) is 4.79 Å². The van der Waals surface area contributed by atoms with Crippen molar-refractivity contribution in [1.29, 1.82) is 0 Å².